The van der Waals surface area contributed by atoms with E-state index >= 15 is 0 Å². The number of carbonyl (C=O) groups is 2. The Labute approximate surface area is 308 Å². The molecule has 0 saturated heterocycles. The summed E-state index contributed by atoms with van der Waals surface area (Å²) in [5.41, 5.74) is 2.80. The highest BCUT2D eigenvalue weighted by molar-refractivity contribution is 6.30. The monoisotopic (exact) mass is 728 g/mol. The molecule has 2 heterocycles. The largest absolute Gasteiger partial charge is 0.489 e. The van der Waals surface area contributed by atoms with Crippen LogP contribution in [0.1, 0.15) is 81.4 Å². The van der Waals surface area contributed by atoms with Crippen LogP contribution in [0.2, 0.25) is 5.02 Å². The predicted molar refractivity (Wildman–Crippen MR) is 193 cm³/mol. The summed E-state index contributed by atoms with van der Waals surface area (Å²) >= 11 is 6.48. The normalized spacial score (nSPS) is 18.3. The average Bonchev–Trinajstić information content (AvgIpc) is 3.85. The van der Waals surface area contributed by atoms with Gasteiger partial charge < -0.3 is 28.4 Å². The molecule has 272 valence electrons. The van der Waals surface area contributed by atoms with Crippen molar-refractivity contribution in [2.45, 2.75) is 90.8 Å². The lowest BCUT2D eigenvalue weighted by molar-refractivity contribution is -0.158. The minimum atomic E-state index is -0.747. The Bertz CT molecular complexity index is 1980. The van der Waals surface area contributed by atoms with Gasteiger partial charge in [0.25, 0.3) is 0 Å². The Hall–Kier alpha value is -4.76. The molecule has 1 aliphatic carbocycles. The molecule has 0 bridgehead atoms. The van der Waals surface area contributed by atoms with Crippen LogP contribution in [0.25, 0.3) is 0 Å². The van der Waals surface area contributed by atoms with E-state index in [1.807, 2.05) is 58.9 Å². The lowest BCUT2D eigenvalue weighted by atomic mass is 9.96. The van der Waals surface area contributed by atoms with Crippen molar-refractivity contribution in [3.05, 3.63) is 111 Å². The zero-order chi connectivity index (χ0) is 36.8. The van der Waals surface area contributed by atoms with E-state index in [0.717, 1.165) is 35.1 Å². The third-order valence-electron chi connectivity index (χ3n) is 9.48. The smallest absolute Gasteiger partial charge is 0.314 e. The molecule has 1 fully saturated rings. The molecule has 52 heavy (non-hydrogen) atoms. The van der Waals surface area contributed by atoms with Crippen LogP contribution in [0, 0.1) is 17.7 Å². The third kappa shape index (κ3) is 7.99. The van der Waals surface area contributed by atoms with Crippen LogP contribution < -0.4 is 23.7 Å². The fourth-order valence-electron chi connectivity index (χ4n) is 6.68. The van der Waals surface area contributed by atoms with Crippen LogP contribution in [0.15, 0.2) is 72.8 Å². The average molecular weight is 729 g/mol. The number of hydrogen-bond acceptors (Lipinski definition) is 8. The maximum absolute atomic E-state index is 14.2. The molecule has 0 aromatic heterocycles. The molecule has 0 spiro atoms. The zero-order valence-electron chi connectivity index (χ0n) is 29.9. The van der Waals surface area contributed by atoms with E-state index in [4.69, 9.17) is 40.0 Å². The number of carbonyl (C=O) groups excluding carboxylic acids is 2. The zero-order valence-corrected chi connectivity index (χ0v) is 30.7. The summed E-state index contributed by atoms with van der Waals surface area (Å²) in [6.45, 7) is 9.91. The summed E-state index contributed by atoms with van der Waals surface area (Å²) in [5, 5.41) is 0.509. The fraction of sp³-hybridized carbons (Fsp3) is 0.381. The number of rotatable bonds is 12. The van der Waals surface area contributed by atoms with Gasteiger partial charge in [0.15, 0.2) is 6.10 Å². The van der Waals surface area contributed by atoms with Crippen LogP contribution in [0.4, 0.5) is 4.39 Å². The highest BCUT2D eigenvalue weighted by atomic mass is 35.5. The first-order valence-electron chi connectivity index (χ1n) is 17.6. The van der Waals surface area contributed by atoms with Crippen molar-refractivity contribution in [3.63, 3.8) is 0 Å². The van der Waals surface area contributed by atoms with E-state index in [1.54, 1.807) is 36.4 Å². The molecule has 10 heteroatoms. The number of halogens is 2. The molecule has 8 nitrogen and oxygen atoms in total. The van der Waals surface area contributed by atoms with E-state index in [1.165, 1.54) is 12.1 Å². The van der Waals surface area contributed by atoms with Crippen molar-refractivity contribution in [3.8, 4) is 28.7 Å². The van der Waals surface area contributed by atoms with Crippen LogP contribution in [-0.2, 0) is 40.4 Å². The first kappa shape index (κ1) is 35.6. The first-order valence-corrected chi connectivity index (χ1v) is 18.0. The molecular weight excluding hydrogens is 687 g/mol. The summed E-state index contributed by atoms with van der Waals surface area (Å²) < 4.78 is 50.1. The van der Waals surface area contributed by atoms with Gasteiger partial charge >= 0.3 is 11.9 Å². The standard InChI is InChI=1S/C42H42ClFO8/c1-24(39(45)49-34-14-12-33(13-15-34)48-23-29-19-31(44)18-27-21-41(2,3)51-36(27)29)16-25-6-10-32(11-7-25)47-22-28-17-30(43)20-35-37(28)52-42(4,5)38(35)50-40(46)26-8-9-26/h6-7,10-15,17-20,24,26,38H,8-9,16,21-23H2,1-5H3. The van der Waals surface area contributed by atoms with E-state index < -0.39 is 17.6 Å². The Morgan fingerprint density at radius 1 is 0.846 bits per heavy atom. The van der Waals surface area contributed by atoms with Crippen molar-refractivity contribution < 1.29 is 42.4 Å². The molecule has 0 N–H and O–H groups in total. The third-order valence-corrected chi connectivity index (χ3v) is 9.70. The topological polar surface area (TPSA) is 89.5 Å². The molecule has 0 radical (unpaired) electrons. The van der Waals surface area contributed by atoms with Gasteiger partial charge in [-0.05, 0) is 113 Å². The Balaban J connectivity index is 0.903. The van der Waals surface area contributed by atoms with Crippen LogP contribution in [0.3, 0.4) is 0 Å². The van der Waals surface area contributed by atoms with Gasteiger partial charge in [0.2, 0.25) is 0 Å². The van der Waals surface area contributed by atoms with Gasteiger partial charge in [-0.2, -0.15) is 0 Å². The Morgan fingerprint density at radius 3 is 2.12 bits per heavy atom. The van der Waals surface area contributed by atoms with E-state index in [-0.39, 0.29) is 42.5 Å². The molecule has 7 rings (SSSR count). The molecule has 2 unspecified atom stereocenters. The maximum atomic E-state index is 14.2. The molecular formula is C42H42ClFO8. The number of hydrogen-bond donors (Lipinski definition) is 0. The van der Waals surface area contributed by atoms with E-state index in [9.17, 15) is 14.0 Å². The number of benzene rings is 4. The maximum Gasteiger partial charge on any atom is 0.314 e. The van der Waals surface area contributed by atoms with Gasteiger partial charge in [-0.25, -0.2) is 4.39 Å². The van der Waals surface area contributed by atoms with Gasteiger partial charge in [0.05, 0.1) is 11.8 Å². The number of fused-ring (bicyclic) bond motifs is 2. The minimum absolute atomic E-state index is 0.0248. The molecule has 2 aliphatic heterocycles. The van der Waals surface area contributed by atoms with Gasteiger partial charge in [0.1, 0.15) is 59.0 Å². The van der Waals surface area contributed by atoms with Crippen molar-refractivity contribution in [1.29, 1.82) is 0 Å². The van der Waals surface area contributed by atoms with Crippen molar-refractivity contribution in [2.75, 3.05) is 0 Å². The van der Waals surface area contributed by atoms with Crippen molar-refractivity contribution >= 4 is 23.5 Å². The van der Waals surface area contributed by atoms with Gasteiger partial charge in [0, 0.05) is 33.7 Å². The molecule has 4 aromatic rings. The van der Waals surface area contributed by atoms with Crippen molar-refractivity contribution in [2.24, 2.45) is 11.8 Å². The van der Waals surface area contributed by atoms with Crippen LogP contribution >= 0.6 is 11.6 Å². The number of esters is 2. The Kier molecular flexibility index (Phi) is 9.59. The lowest BCUT2D eigenvalue weighted by Crippen LogP contribution is -2.33. The Morgan fingerprint density at radius 2 is 1.46 bits per heavy atom. The summed E-state index contributed by atoms with van der Waals surface area (Å²) in [5.74, 6) is 1.60. The second kappa shape index (κ2) is 14.0. The predicted octanol–water partition coefficient (Wildman–Crippen LogP) is 9.30. The molecule has 1 saturated carbocycles. The van der Waals surface area contributed by atoms with Crippen molar-refractivity contribution in [1.82, 2.24) is 0 Å². The highest BCUT2D eigenvalue weighted by Gasteiger charge is 2.47. The van der Waals surface area contributed by atoms with E-state index in [2.05, 4.69) is 0 Å². The summed E-state index contributed by atoms with van der Waals surface area (Å²) in [7, 11) is 0. The molecule has 2 atom stereocenters. The first-order chi connectivity index (χ1) is 24.7. The number of ether oxygens (including phenoxy) is 6. The SMILES string of the molecule is CC(Cc1ccc(OCc2cc(Cl)cc3c2OC(C)(C)C3OC(=O)C2CC2)cc1)C(=O)Oc1ccc(OCc2cc(F)cc3c2OC(C)(C)C3)cc1. The second-order valence-corrected chi connectivity index (χ2v) is 15.5. The van der Waals surface area contributed by atoms with Gasteiger partial charge in [-0.1, -0.05) is 30.7 Å². The highest BCUT2D eigenvalue weighted by Crippen LogP contribution is 2.49. The summed E-state index contributed by atoms with van der Waals surface area (Å²) in [4.78, 5) is 25.4. The molecule has 3 aliphatic rings. The molecule has 0 amide bonds. The molecule has 4 aromatic carbocycles. The van der Waals surface area contributed by atoms with Crippen LogP contribution in [-0.4, -0.2) is 23.1 Å². The fourth-order valence-corrected chi connectivity index (χ4v) is 6.93. The quantitative estimate of drug-likeness (QED) is 0.105. The summed E-state index contributed by atoms with van der Waals surface area (Å²) in [6.07, 6.45) is 2.27. The van der Waals surface area contributed by atoms with E-state index in [0.29, 0.717) is 52.2 Å². The lowest BCUT2D eigenvalue weighted by Gasteiger charge is -2.26. The van der Waals surface area contributed by atoms with Gasteiger partial charge in [-0.15, -0.1) is 0 Å². The minimum Gasteiger partial charge on any atom is -0.489 e. The summed E-state index contributed by atoms with van der Waals surface area (Å²) in [6, 6.07) is 20.9. The van der Waals surface area contributed by atoms with Gasteiger partial charge in [-0.3, -0.25) is 9.59 Å². The van der Waals surface area contributed by atoms with Crippen LogP contribution in [0.5, 0.6) is 28.7 Å². The second-order valence-electron chi connectivity index (χ2n) is 15.1.